The number of aromatic nitrogens is 1. The van der Waals surface area contributed by atoms with E-state index in [1.54, 1.807) is 11.5 Å². The van der Waals surface area contributed by atoms with Crippen LogP contribution in [0.15, 0.2) is 102 Å². The number of ketones is 2. The molecule has 8 heteroatoms. The predicted octanol–water partition coefficient (Wildman–Crippen LogP) is 5.50. The van der Waals surface area contributed by atoms with Crippen molar-refractivity contribution >= 4 is 30.3 Å². The Labute approximate surface area is 265 Å². The largest absolute Gasteiger partial charge is 0.492 e. The van der Waals surface area contributed by atoms with E-state index in [1.807, 2.05) is 66.7 Å². The van der Waals surface area contributed by atoms with Crippen molar-refractivity contribution in [1.82, 2.24) is 4.57 Å². The summed E-state index contributed by atoms with van der Waals surface area (Å²) in [4.78, 5) is 27.8. The lowest BCUT2D eigenvalue weighted by molar-refractivity contribution is -0.0391. The van der Waals surface area contributed by atoms with Gasteiger partial charge in [0.1, 0.15) is 17.9 Å². The van der Waals surface area contributed by atoms with Gasteiger partial charge in [-0.05, 0) is 27.9 Å². The van der Waals surface area contributed by atoms with Crippen LogP contribution in [-0.4, -0.2) is 42.8 Å². The van der Waals surface area contributed by atoms with Crippen molar-refractivity contribution in [2.24, 2.45) is 0 Å². The number of nitrogens with zero attached hydrogens (tertiary/aromatic N) is 1. The number of ether oxygens (including phenoxy) is 2. The fraction of sp³-hybridized carbons (Fsp3) is 0.297. The van der Waals surface area contributed by atoms with Gasteiger partial charge in [0, 0.05) is 11.1 Å². The highest BCUT2D eigenvalue weighted by Gasteiger charge is 2.52. The topological polar surface area (TPSA) is 87.0 Å². The summed E-state index contributed by atoms with van der Waals surface area (Å²) >= 11 is 0. The first-order chi connectivity index (χ1) is 21.6. The zero-order valence-corrected chi connectivity index (χ0v) is 27.4. The Balaban J connectivity index is 1.47. The van der Waals surface area contributed by atoms with Crippen molar-refractivity contribution in [2.75, 3.05) is 7.11 Å². The molecule has 3 aromatic carbocycles. The summed E-state index contributed by atoms with van der Waals surface area (Å²) in [5.74, 6) is -0.647. The molecule has 45 heavy (non-hydrogen) atoms. The number of benzene rings is 3. The first-order valence-corrected chi connectivity index (χ1v) is 17.2. The minimum atomic E-state index is -3.02. The lowest BCUT2D eigenvalue weighted by Gasteiger charge is -2.43. The number of rotatable bonds is 9. The molecule has 232 valence electrons. The third kappa shape index (κ3) is 5.12. The summed E-state index contributed by atoms with van der Waals surface area (Å²) < 4.78 is 20.7. The Morgan fingerprint density at radius 1 is 0.844 bits per heavy atom. The number of fused-ring (bicyclic) bond motifs is 3. The Morgan fingerprint density at radius 3 is 1.93 bits per heavy atom. The van der Waals surface area contributed by atoms with Crippen molar-refractivity contribution in [3.05, 3.63) is 130 Å². The second kappa shape index (κ2) is 12.0. The number of aliphatic hydroxyl groups is 1. The quantitative estimate of drug-likeness (QED) is 0.249. The zero-order valence-electron chi connectivity index (χ0n) is 26.4. The average molecular weight is 622 g/mol. The molecule has 4 aromatic rings. The molecule has 7 nitrogen and oxygen atoms in total. The van der Waals surface area contributed by atoms with Crippen LogP contribution in [0.25, 0.3) is 0 Å². The van der Waals surface area contributed by atoms with Crippen molar-refractivity contribution in [3.63, 3.8) is 0 Å². The molecule has 0 bridgehead atoms. The molecule has 1 aromatic heterocycles. The van der Waals surface area contributed by atoms with E-state index < -0.39 is 20.5 Å². The Morgan fingerprint density at radius 2 is 1.40 bits per heavy atom. The highest BCUT2D eigenvalue weighted by molar-refractivity contribution is 6.99. The van der Waals surface area contributed by atoms with E-state index in [9.17, 15) is 14.7 Å². The highest BCUT2D eigenvalue weighted by Crippen LogP contribution is 2.43. The van der Waals surface area contributed by atoms with E-state index in [2.05, 4.69) is 45.0 Å². The number of allylic oxidation sites excluding steroid dienone is 2. The first-order valence-electron chi connectivity index (χ1n) is 15.3. The molecule has 2 aliphatic rings. The van der Waals surface area contributed by atoms with E-state index in [0.717, 1.165) is 15.9 Å². The minimum Gasteiger partial charge on any atom is -0.492 e. The number of hydrogen-bond acceptors (Lipinski definition) is 6. The highest BCUT2D eigenvalue weighted by atomic mass is 28.4. The van der Waals surface area contributed by atoms with Gasteiger partial charge in [-0.15, -0.1) is 0 Å². The summed E-state index contributed by atoms with van der Waals surface area (Å²) in [5.41, 5.74) is 2.74. The molecule has 1 aliphatic heterocycles. The normalized spacial score (nSPS) is 18.3. The number of Topliss-reactive ketones (excluding diaryl/α,β-unsaturated/α-hetero) is 2. The van der Waals surface area contributed by atoms with Gasteiger partial charge in [-0.2, -0.15) is 0 Å². The number of aliphatic hydroxyl groups excluding tert-OH is 1. The SMILES string of the molecule is COC1=C(C)C(=O)c2c(c(CO[Si](c3ccccc3)(c3ccccc3)C(C)(C)C)c3n2C[C@@H](OCc2ccccc2)[C@H]3O)C1=O. The molecule has 0 spiro atoms. The Bertz CT molecular complexity index is 1720. The Hall–Kier alpha value is -4.08. The monoisotopic (exact) mass is 621 g/mol. The van der Waals surface area contributed by atoms with Crippen LogP contribution >= 0.6 is 0 Å². The van der Waals surface area contributed by atoms with Gasteiger partial charge in [0.25, 0.3) is 8.32 Å². The maximum absolute atomic E-state index is 14.0. The number of carbonyl (C=O) groups excluding carboxylic acids is 2. The maximum Gasteiger partial charge on any atom is 0.261 e. The zero-order chi connectivity index (χ0) is 31.9. The predicted molar refractivity (Wildman–Crippen MR) is 175 cm³/mol. The number of carbonyl (C=O) groups is 2. The lowest BCUT2D eigenvalue weighted by Crippen LogP contribution is -2.66. The maximum atomic E-state index is 14.0. The summed E-state index contributed by atoms with van der Waals surface area (Å²) in [7, 11) is -1.62. The van der Waals surface area contributed by atoms with E-state index in [-0.39, 0.29) is 52.3 Å². The van der Waals surface area contributed by atoms with E-state index in [4.69, 9.17) is 13.9 Å². The molecular weight excluding hydrogens is 582 g/mol. The van der Waals surface area contributed by atoms with Gasteiger partial charge < -0.3 is 23.6 Å². The molecule has 0 saturated carbocycles. The molecule has 0 fully saturated rings. The molecule has 2 heterocycles. The van der Waals surface area contributed by atoms with Crippen LogP contribution in [0.2, 0.25) is 5.04 Å². The third-order valence-electron chi connectivity index (χ3n) is 9.09. The summed E-state index contributed by atoms with van der Waals surface area (Å²) in [6, 6.07) is 30.2. The number of hydrogen-bond donors (Lipinski definition) is 1. The average Bonchev–Trinajstić information content (AvgIpc) is 3.54. The Kier molecular flexibility index (Phi) is 8.26. The molecule has 0 unspecified atom stereocenters. The molecule has 1 aliphatic carbocycles. The molecule has 2 atom stereocenters. The van der Waals surface area contributed by atoms with Crippen LogP contribution in [0.5, 0.6) is 0 Å². The van der Waals surface area contributed by atoms with Gasteiger partial charge in [-0.1, -0.05) is 112 Å². The van der Waals surface area contributed by atoms with Crippen LogP contribution < -0.4 is 10.4 Å². The third-order valence-corrected chi connectivity index (χ3v) is 14.1. The fourth-order valence-corrected chi connectivity index (χ4v) is 11.5. The van der Waals surface area contributed by atoms with Crippen LogP contribution in [0.1, 0.15) is 71.5 Å². The second-order valence-corrected chi connectivity index (χ2v) is 17.1. The van der Waals surface area contributed by atoms with Crippen LogP contribution in [0, 0.1) is 0 Å². The summed E-state index contributed by atoms with van der Waals surface area (Å²) in [6.45, 7) is 8.73. The smallest absolute Gasteiger partial charge is 0.261 e. The van der Waals surface area contributed by atoms with Crippen LogP contribution in [0.4, 0.5) is 0 Å². The molecule has 0 radical (unpaired) electrons. The van der Waals surface area contributed by atoms with Crippen molar-refractivity contribution in [3.8, 4) is 0 Å². The van der Waals surface area contributed by atoms with Gasteiger partial charge in [0.05, 0.1) is 38.1 Å². The van der Waals surface area contributed by atoms with Crippen molar-refractivity contribution < 1.29 is 28.6 Å². The molecular formula is C37H39NO6Si. The van der Waals surface area contributed by atoms with Crippen LogP contribution in [0.3, 0.4) is 0 Å². The molecule has 6 rings (SSSR count). The molecule has 0 saturated heterocycles. The van der Waals surface area contributed by atoms with Crippen molar-refractivity contribution in [2.45, 2.75) is 64.7 Å². The standard InChI is InChI=1S/C37H39NO6Si/c1-24-33(39)32-30(35(41)36(24)42-5)28(31-34(40)29(21-38(31)32)43-22-25-15-9-6-10-16-25)23-44-45(37(2,3)4,26-17-11-7-12-18-26)27-19-13-8-14-20-27/h6-20,29,34,40H,21-23H2,1-5H3/t29-,34-/m1/s1. The fourth-order valence-electron chi connectivity index (χ4n) is 6.97. The van der Waals surface area contributed by atoms with E-state index in [0.29, 0.717) is 17.9 Å². The molecule has 1 N–H and O–H groups in total. The number of methoxy groups -OCH3 is 1. The molecule has 0 amide bonds. The summed E-state index contributed by atoms with van der Waals surface area (Å²) in [6.07, 6.45) is -1.67. The van der Waals surface area contributed by atoms with Gasteiger partial charge in [0.15, 0.2) is 5.76 Å². The summed E-state index contributed by atoms with van der Waals surface area (Å²) in [5, 5.41) is 13.6. The van der Waals surface area contributed by atoms with Crippen molar-refractivity contribution in [1.29, 1.82) is 0 Å². The van der Waals surface area contributed by atoms with E-state index in [1.165, 1.54) is 7.11 Å². The van der Waals surface area contributed by atoms with Gasteiger partial charge in [-0.25, -0.2) is 0 Å². The van der Waals surface area contributed by atoms with E-state index >= 15 is 0 Å². The first kappa shape index (κ1) is 30.9. The lowest BCUT2D eigenvalue weighted by atomic mass is 9.90. The van der Waals surface area contributed by atoms with Gasteiger partial charge in [0.2, 0.25) is 11.6 Å². The minimum absolute atomic E-state index is 0.0230. The van der Waals surface area contributed by atoms with Crippen LogP contribution in [-0.2, 0) is 33.7 Å². The van der Waals surface area contributed by atoms with Gasteiger partial charge in [-0.3, -0.25) is 9.59 Å². The second-order valence-electron chi connectivity index (χ2n) is 12.7. The van der Waals surface area contributed by atoms with Gasteiger partial charge >= 0.3 is 0 Å².